The average Bonchev–Trinajstić information content (AvgIpc) is 0.779. The molecule has 0 N–H and O–H groups in total. The second kappa shape index (κ2) is 105. The fourth-order valence-electron chi connectivity index (χ4n) is 6.58. The van der Waals surface area contributed by atoms with Gasteiger partial charge in [-0.15, -0.1) is 0 Å². The molecule has 2 aliphatic heterocycles. The number of rotatable bonds is 5. The van der Waals surface area contributed by atoms with E-state index in [1.54, 1.807) is 113 Å². The van der Waals surface area contributed by atoms with E-state index in [-0.39, 0.29) is 29.3 Å². The Labute approximate surface area is 966 Å². The predicted molar refractivity (Wildman–Crippen MR) is 780 cm³/mol. The Morgan fingerprint density at radius 1 is 0.344 bits per heavy atom. The molecule has 2 aliphatic rings. The van der Waals surface area contributed by atoms with Crippen LogP contribution >= 0.6 is 15.9 Å². The predicted octanol–water partition coefficient (Wildman–Crippen LogP) is 4.93. The molecule has 1 aromatic carbocycles. The van der Waals surface area contributed by atoms with Crippen molar-refractivity contribution >= 4 is 796 Å². The first kappa shape index (κ1) is 133. The van der Waals surface area contributed by atoms with Gasteiger partial charge in [-0.3, -0.25) is 19.5 Å². The quantitative estimate of drug-likeness (QED) is 0.424. The van der Waals surface area contributed by atoms with Gasteiger partial charge in [0, 0.05) is 831 Å². The normalized spacial score (nSPS) is 11.7. The summed E-state index contributed by atoms with van der Waals surface area (Å²) in [7, 11) is 152. The monoisotopic (exact) mass is 3300 g/mol. The number of pyridine rings is 1. The Balaban J connectivity index is 0.000000873. The van der Waals surface area contributed by atoms with Crippen LogP contribution in [0.25, 0.3) is 0 Å². The summed E-state index contributed by atoms with van der Waals surface area (Å²) in [6.45, 7) is 12.2. The maximum atomic E-state index is 13.6. The molecule has 710 valence electrons. The Bertz CT molecular complexity index is 8040. The fraction of sp³-hybridized carbons (Fsp3) is 0.552. The number of likely N-dealkylation sites (tertiary alicyclic amines) is 1. The molecule has 0 spiro atoms. The van der Waals surface area contributed by atoms with E-state index in [0.717, 1.165) is 49.2 Å². The summed E-state index contributed by atoms with van der Waals surface area (Å²) < 4.78 is 0.968. The van der Waals surface area contributed by atoms with E-state index in [9.17, 15) is 9.59 Å². The fourth-order valence-corrected chi connectivity index (χ4v) is 232. The van der Waals surface area contributed by atoms with Crippen LogP contribution in [-0.2, 0) is 778 Å². The van der Waals surface area contributed by atoms with Crippen molar-refractivity contribution in [3.63, 3.8) is 0 Å². The lowest BCUT2D eigenvalue weighted by Crippen LogP contribution is -2.60. The first-order chi connectivity index (χ1) is 60.0. The van der Waals surface area contributed by atoms with Crippen LogP contribution in [0.3, 0.4) is 0 Å². The number of hydrogen-bond acceptors (Lipinski definition) is 6. The lowest BCUT2D eigenvalue weighted by Gasteiger charge is -2.49. The Morgan fingerprint density at radius 3 is 0.770 bits per heavy atom. The van der Waals surface area contributed by atoms with Gasteiger partial charge in [-0.25, -0.2) is 0 Å². The van der Waals surface area contributed by atoms with Crippen molar-refractivity contribution in [3.8, 4) is 0 Å². The minimum absolute atomic E-state index is 0.0392. The molecule has 0 bridgehead atoms. The van der Waals surface area contributed by atoms with Gasteiger partial charge in [-0.05, 0) is 57.8 Å². The number of benzene rings is 1. The second-order valence-electron chi connectivity index (χ2n) is 17.0. The number of hydrogen-bond donors (Lipinski definition) is 0. The van der Waals surface area contributed by atoms with Crippen molar-refractivity contribution in [1.29, 1.82) is 0 Å². The van der Waals surface area contributed by atoms with Crippen LogP contribution in [0.15, 0.2) is 53.1 Å². The van der Waals surface area contributed by atoms with Crippen LogP contribution in [0.2, 0.25) is 0 Å². The van der Waals surface area contributed by atoms with Gasteiger partial charge in [0.15, 0.2) is 0 Å². The summed E-state index contributed by atoms with van der Waals surface area (Å²) in [5.41, 5.74) is 2.19. The standard InChI is InChI=1S/C29H39BrN4O2.S86/c1-21(35)32-14-12-22(13-15-32)18-27(36)34-17-16-33(20-26(34)29(2,3)4)28(23-8-6-5-7-9-23)25-11-10-24(30)19-31-25;1-3-5-7-9-11-13-15-17-19-21-23-25-27-29-31-33-35-37-39-41-43-45-47-49-51-53-55-57-59-61-63-65-67-69-71-73-75-77-79-81-83-85-86-84-82-80-78-76-74-72-70-68-66-64-62-60-58-56-54-52-50-48-46-44-42-40-38-36-34-32-30-28-26-24-22-20-18-16-14-12-10-8-6-4-2/h5-11,19,22,26,28H,12-18,20H2,1-4H3;/t26-,28?;/m1./s1. The highest BCUT2D eigenvalue weighted by molar-refractivity contribution is 9.10. The highest BCUT2D eigenvalue weighted by Gasteiger charge is 2.41. The number of piperazine rings is 1. The number of nitrogens with zero attached hydrogens (tertiary/aromatic N) is 4. The first-order valence-electron chi connectivity index (χ1n) is 27.3. The molecule has 2 fully saturated rings. The minimum atomic E-state index is -0.0549. The van der Waals surface area contributed by atoms with Crippen molar-refractivity contribution in [3.05, 3.63) is 64.4 Å². The second-order valence-corrected chi connectivity index (χ2v) is 167. The van der Waals surface area contributed by atoms with E-state index in [1.165, 1.54) is 23.3 Å². The van der Waals surface area contributed by atoms with Gasteiger partial charge in [-0.1, -0.05) is 51.1 Å². The topological polar surface area (TPSA) is 56.8 Å². The van der Waals surface area contributed by atoms with Crippen molar-refractivity contribution in [2.75, 3.05) is 32.7 Å². The Morgan fingerprint density at radius 2 is 0.574 bits per heavy atom. The van der Waals surface area contributed by atoms with Gasteiger partial charge in [0.1, 0.15) is 0 Å². The summed E-state index contributed by atoms with van der Waals surface area (Å²) in [5, 5.41) is 0. The number of halogens is 1. The third-order valence-electron chi connectivity index (χ3n) is 10.1. The molecule has 0 saturated carbocycles. The van der Waals surface area contributed by atoms with Gasteiger partial charge < -0.3 is 9.80 Å². The van der Waals surface area contributed by atoms with E-state index in [2.05, 4.69) is 82.9 Å². The molecule has 2 saturated heterocycles. The lowest BCUT2D eigenvalue weighted by molar-refractivity contribution is -0.141. The molecular weight excluding hydrogens is 3270 g/mol. The summed E-state index contributed by atoms with van der Waals surface area (Å²) in [6.07, 6.45) is 4.27. The van der Waals surface area contributed by atoms with Gasteiger partial charge >= 0.3 is 0 Å². The third kappa shape index (κ3) is 86.4. The first-order valence-corrected chi connectivity index (χ1v) is 141. The number of piperidine rings is 1. The molecule has 2 amide bonds. The molecule has 4 rings (SSSR count). The molecular formula is C29H39BrN4O2S86. The van der Waals surface area contributed by atoms with Crippen molar-refractivity contribution in [2.24, 2.45) is 11.3 Å². The van der Waals surface area contributed by atoms with Crippen LogP contribution in [-0.4, -0.2) is 70.3 Å². The van der Waals surface area contributed by atoms with Crippen LogP contribution in [0.4, 0.5) is 0 Å². The van der Waals surface area contributed by atoms with Crippen molar-refractivity contribution < 1.29 is 9.59 Å². The molecule has 93 heteroatoms. The SMILES string of the molecule is CC(=O)N1CCC(CC(=O)N2CCN(C(c3ccccc3)c3ccc(Br)cn3)C[C@@H]2C(C)(C)C)CC1.S=S=S=S=S=S=S=S=S=S=S=S=S=S=S=S=S=S=S=S=S=S=S=S=S=S=S=S=S=S=S=S=S=S=S=S=S=S=S=S=S=S=S=S=S=S=S=S=S=S=S=S=S=S=S=S=S=S=S=S=S=S=S=S=S=S=S=S=S=S=S=S=S=S=S=S=S=S=S=S=S=S=S=S=S=S. The zero-order chi connectivity index (χ0) is 87.3. The van der Waals surface area contributed by atoms with E-state index in [0.29, 0.717) is 18.9 Å². The largest absolute Gasteiger partial charge is 0.343 e. The van der Waals surface area contributed by atoms with E-state index >= 15 is 0 Å². The van der Waals surface area contributed by atoms with E-state index in [1.807, 2.05) is 639 Å². The van der Waals surface area contributed by atoms with Crippen molar-refractivity contribution in [1.82, 2.24) is 19.7 Å². The highest BCUT2D eigenvalue weighted by Crippen LogP contribution is 2.35. The summed E-state index contributed by atoms with van der Waals surface area (Å²) >= 11 is 13.2. The van der Waals surface area contributed by atoms with Gasteiger partial charge in [0.2, 0.25) is 11.8 Å². The summed E-state index contributed by atoms with van der Waals surface area (Å²) in [6, 6.07) is 14.9. The van der Waals surface area contributed by atoms with Gasteiger partial charge in [0.25, 0.3) is 0 Å². The van der Waals surface area contributed by atoms with Crippen LogP contribution in [0, 0.1) is 11.3 Å². The van der Waals surface area contributed by atoms with E-state index in [4.69, 9.17) is 27.4 Å². The summed E-state index contributed by atoms with van der Waals surface area (Å²) in [5.74, 6) is 0.751. The zero-order valence-corrected chi connectivity index (χ0v) is 129. The molecule has 2 atom stereocenters. The summed E-state index contributed by atoms with van der Waals surface area (Å²) in [4.78, 5) is 36.6. The van der Waals surface area contributed by atoms with Crippen LogP contribution < -0.4 is 0 Å². The maximum Gasteiger partial charge on any atom is 0.223 e. The lowest BCUT2D eigenvalue weighted by atomic mass is 9.82. The maximum absolute atomic E-state index is 13.6. The number of carbonyl (C=O) groups excluding carboxylic acids is 2. The number of amides is 2. The smallest absolute Gasteiger partial charge is 0.223 e. The zero-order valence-electron chi connectivity index (χ0n) is 57.1. The molecule has 1 aromatic heterocycles. The van der Waals surface area contributed by atoms with Crippen LogP contribution in [0.5, 0.6) is 0 Å². The number of aromatic nitrogens is 1. The Kier molecular flexibility index (Phi) is 114. The molecule has 3 heterocycles. The van der Waals surface area contributed by atoms with Gasteiger partial charge in [0.05, 0.1) is 11.7 Å². The minimum Gasteiger partial charge on any atom is -0.343 e. The van der Waals surface area contributed by atoms with E-state index < -0.39 is 0 Å². The van der Waals surface area contributed by atoms with Gasteiger partial charge in [-0.2, -0.15) is 0 Å². The molecule has 0 radical (unpaired) electrons. The molecule has 2 aromatic rings. The van der Waals surface area contributed by atoms with Crippen molar-refractivity contribution in [2.45, 2.75) is 59.0 Å². The van der Waals surface area contributed by atoms with Crippen LogP contribution in [0.1, 0.15) is 64.3 Å². The number of carbonyl (C=O) groups is 2. The molecule has 0 aliphatic carbocycles. The molecule has 122 heavy (non-hydrogen) atoms. The highest BCUT2D eigenvalue weighted by atomic mass is 79.9. The average molecular weight is 3310 g/mol. The Hall–Kier alpha value is 16.7. The molecule has 6 nitrogen and oxygen atoms in total. The third-order valence-corrected chi connectivity index (χ3v) is 195. The molecule has 1 unspecified atom stereocenters.